The average molecular weight is 404 g/mol. The smallest absolute Gasteiger partial charge is 0.0232 e. The summed E-state index contributed by atoms with van der Waals surface area (Å²) in [6.07, 6.45) is 3.65. The van der Waals surface area contributed by atoms with Crippen molar-refractivity contribution in [3.63, 3.8) is 0 Å². The van der Waals surface area contributed by atoms with Gasteiger partial charge in [-0.25, -0.2) is 0 Å². The van der Waals surface area contributed by atoms with E-state index in [-0.39, 0.29) is 0 Å². The Morgan fingerprint density at radius 2 is 1.40 bits per heavy atom. The van der Waals surface area contributed by atoms with Gasteiger partial charge in [-0.3, -0.25) is 0 Å². The molecular weight excluding hydrogens is 366 g/mol. The Morgan fingerprint density at radius 3 is 1.97 bits per heavy atom. The lowest BCUT2D eigenvalue weighted by molar-refractivity contribution is 0.0851. The van der Waals surface area contributed by atoms with Crippen molar-refractivity contribution in [3.8, 4) is 0 Å². The van der Waals surface area contributed by atoms with Crippen LogP contribution in [0.4, 0.5) is 0 Å². The molecule has 4 rings (SSSR count). The lowest BCUT2D eigenvalue weighted by Gasteiger charge is -2.40. The van der Waals surface area contributed by atoms with Crippen LogP contribution >= 0.6 is 0 Å². The van der Waals surface area contributed by atoms with Crippen LogP contribution in [-0.4, -0.2) is 73.6 Å². The van der Waals surface area contributed by atoms with E-state index in [0.717, 1.165) is 0 Å². The molecule has 0 bridgehead atoms. The number of piperidine rings is 1. The standard InChI is InChI=1S/C27H37N3/c1-3-29-21-20-28(2)26(22-29)16-19-30-17-14-25(15-18-30)27(23-10-6-4-7-11-23)24-12-8-5-9-13-24/h4-13,26H,3,14-22H2,1-2H3. The quantitative estimate of drug-likeness (QED) is 0.697. The number of hydrogen-bond donors (Lipinski definition) is 0. The molecule has 2 fully saturated rings. The van der Waals surface area contributed by atoms with E-state index in [2.05, 4.69) is 89.3 Å². The van der Waals surface area contributed by atoms with Gasteiger partial charge < -0.3 is 14.7 Å². The summed E-state index contributed by atoms with van der Waals surface area (Å²) in [5, 5.41) is 0. The predicted octanol–water partition coefficient (Wildman–Crippen LogP) is 4.61. The second-order valence-electron chi connectivity index (χ2n) is 8.87. The van der Waals surface area contributed by atoms with Gasteiger partial charge in [0.05, 0.1) is 0 Å². The van der Waals surface area contributed by atoms with E-state index in [1.54, 1.807) is 5.57 Å². The Labute approximate surface area is 183 Å². The second-order valence-corrected chi connectivity index (χ2v) is 8.87. The zero-order valence-corrected chi connectivity index (χ0v) is 18.8. The molecule has 2 heterocycles. The first kappa shape index (κ1) is 21.3. The number of hydrogen-bond acceptors (Lipinski definition) is 3. The summed E-state index contributed by atoms with van der Waals surface area (Å²) in [4.78, 5) is 7.87. The zero-order chi connectivity index (χ0) is 20.8. The molecule has 0 aromatic heterocycles. The fourth-order valence-corrected chi connectivity index (χ4v) is 5.02. The van der Waals surface area contributed by atoms with Crippen LogP contribution in [0.15, 0.2) is 66.2 Å². The van der Waals surface area contributed by atoms with Crippen molar-refractivity contribution < 1.29 is 0 Å². The summed E-state index contributed by atoms with van der Waals surface area (Å²) in [5.74, 6) is 0. The summed E-state index contributed by atoms with van der Waals surface area (Å²) >= 11 is 0. The minimum Gasteiger partial charge on any atom is -0.303 e. The van der Waals surface area contributed by atoms with E-state index >= 15 is 0 Å². The molecule has 160 valence electrons. The molecule has 2 aromatic carbocycles. The Kier molecular flexibility index (Phi) is 7.37. The maximum atomic E-state index is 2.69. The maximum absolute atomic E-state index is 2.69. The molecule has 2 aliphatic rings. The van der Waals surface area contributed by atoms with Gasteiger partial charge in [0.15, 0.2) is 0 Å². The lowest BCUT2D eigenvalue weighted by Crippen LogP contribution is -2.52. The molecule has 0 amide bonds. The van der Waals surface area contributed by atoms with Crippen LogP contribution in [0.2, 0.25) is 0 Å². The Bertz CT molecular complexity index is 763. The van der Waals surface area contributed by atoms with Crippen LogP contribution in [0.3, 0.4) is 0 Å². The summed E-state index contributed by atoms with van der Waals surface area (Å²) in [6.45, 7) is 10.7. The van der Waals surface area contributed by atoms with Gasteiger partial charge in [-0.05, 0) is 56.1 Å². The molecule has 0 radical (unpaired) electrons. The molecule has 2 aliphatic heterocycles. The fraction of sp³-hybridized carbons (Fsp3) is 0.481. The number of piperazine rings is 1. The normalized spacial score (nSPS) is 21.7. The molecule has 3 heteroatoms. The Morgan fingerprint density at radius 1 is 0.800 bits per heavy atom. The van der Waals surface area contributed by atoms with E-state index in [1.165, 1.54) is 81.8 Å². The highest BCUT2D eigenvalue weighted by Crippen LogP contribution is 2.32. The van der Waals surface area contributed by atoms with E-state index in [0.29, 0.717) is 6.04 Å². The molecule has 30 heavy (non-hydrogen) atoms. The van der Waals surface area contributed by atoms with Crippen molar-refractivity contribution in [2.75, 3.05) is 52.9 Å². The van der Waals surface area contributed by atoms with Crippen LogP contribution in [-0.2, 0) is 0 Å². The van der Waals surface area contributed by atoms with Crippen LogP contribution in [0.25, 0.3) is 5.57 Å². The summed E-state index contributed by atoms with van der Waals surface area (Å²) in [5.41, 5.74) is 5.79. The number of likely N-dealkylation sites (tertiary alicyclic amines) is 1. The van der Waals surface area contributed by atoms with Crippen molar-refractivity contribution in [1.82, 2.24) is 14.7 Å². The number of likely N-dealkylation sites (N-methyl/N-ethyl adjacent to an activating group) is 2. The second kappa shape index (κ2) is 10.4. The topological polar surface area (TPSA) is 9.72 Å². The van der Waals surface area contributed by atoms with Gasteiger partial charge in [0.2, 0.25) is 0 Å². The molecular formula is C27H37N3. The number of nitrogens with zero attached hydrogens (tertiary/aromatic N) is 3. The monoisotopic (exact) mass is 403 g/mol. The highest BCUT2D eigenvalue weighted by molar-refractivity contribution is 5.82. The molecule has 0 saturated carbocycles. The number of benzene rings is 2. The average Bonchev–Trinajstić information content (AvgIpc) is 2.81. The van der Waals surface area contributed by atoms with Crippen molar-refractivity contribution in [1.29, 1.82) is 0 Å². The first-order valence-corrected chi connectivity index (χ1v) is 11.7. The third-order valence-corrected chi connectivity index (χ3v) is 7.03. The minimum absolute atomic E-state index is 0.708. The Hall–Kier alpha value is -1.94. The Balaban J connectivity index is 1.41. The minimum atomic E-state index is 0.708. The highest BCUT2D eigenvalue weighted by Gasteiger charge is 2.25. The largest absolute Gasteiger partial charge is 0.303 e. The van der Waals surface area contributed by atoms with Crippen molar-refractivity contribution in [3.05, 3.63) is 77.4 Å². The van der Waals surface area contributed by atoms with Gasteiger partial charge in [-0.1, -0.05) is 73.2 Å². The van der Waals surface area contributed by atoms with E-state index < -0.39 is 0 Å². The SMILES string of the molecule is CCN1CCN(C)C(CCN2CCC(=C(c3ccccc3)c3ccccc3)CC2)C1. The van der Waals surface area contributed by atoms with Gasteiger partial charge in [0.1, 0.15) is 0 Å². The molecule has 0 aliphatic carbocycles. The van der Waals surface area contributed by atoms with Crippen molar-refractivity contribution in [2.45, 2.75) is 32.2 Å². The summed E-state index contributed by atoms with van der Waals surface area (Å²) in [6, 6.07) is 22.6. The summed E-state index contributed by atoms with van der Waals surface area (Å²) in [7, 11) is 2.31. The molecule has 2 aromatic rings. The lowest BCUT2D eigenvalue weighted by atomic mass is 9.88. The zero-order valence-electron chi connectivity index (χ0n) is 18.8. The molecule has 0 N–H and O–H groups in total. The van der Waals surface area contributed by atoms with Gasteiger partial charge in [-0.15, -0.1) is 0 Å². The van der Waals surface area contributed by atoms with Crippen LogP contribution in [0.1, 0.15) is 37.3 Å². The van der Waals surface area contributed by atoms with E-state index in [1.807, 2.05) is 0 Å². The third kappa shape index (κ3) is 5.21. The molecule has 1 atom stereocenters. The summed E-state index contributed by atoms with van der Waals surface area (Å²) < 4.78 is 0. The number of rotatable bonds is 6. The van der Waals surface area contributed by atoms with E-state index in [4.69, 9.17) is 0 Å². The predicted molar refractivity (Wildman–Crippen MR) is 128 cm³/mol. The van der Waals surface area contributed by atoms with Gasteiger partial charge in [0.25, 0.3) is 0 Å². The molecule has 1 unspecified atom stereocenters. The van der Waals surface area contributed by atoms with Gasteiger partial charge in [0, 0.05) is 38.8 Å². The van der Waals surface area contributed by atoms with Gasteiger partial charge >= 0.3 is 0 Å². The van der Waals surface area contributed by atoms with Crippen LogP contribution < -0.4 is 0 Å². The van der Waals surface area contributed by atoms with Gasteiger partial charge in [-0.2, -0.15) is 0 Å². The van der Waals surface area contributed by atoms with Crippen molar-refractivity contribution in [2.24, 2.45) is 0 Å². The molecule has 2 saturated heterocycles. The van der Waals surface area contributed by atoms with Crippen LogP contribution in [0, 0.1) is 0 Å². The molecule has 3 nitrogen and oxygen atoms in total. The molecule has 0 spiro atoms. The fourth-order valence-electron chi connectivity index (χ4n) is 5.02. The van der Waals surface area contributed by atoms with E-state index in [9.17, 15) is 0 Å². The first-order valence-electron chi connectivity index (χ1n) is 11.7. The maximum Gasteiger partial charge on any atom is 0.0232 e. The first-order chi connectivity index (χ1) is 14.7. The van der Waals surface area contributed by atoms with Crippen molar-refractivity contribution >= 4 is 5.57 Å². The van der Waals surface area contributed by atoms with Crippen LogP contribution in [0.5, 0.6) is 0 Å². The third-order valence-electron chi connectivity index (χ3n) is 7.03. The highest BCUT2D eigenvalue weighted by atomic mass is 15.3.